The van der Waals surface area contributed by atoms with Crippen molar-refractivity contribution in [2.45, 2.75) is 19.5 Å². The predicted octanol–water partition coefficient (Wildman–Crippen LogP) is 3.62. The van der Waals surface area contributed by atoms with Crippen molar-refractivity contribution in [3.8, 4) is 0 Å². The minimum atomic E-state index is -0.305. The molecule has 0 aliphatic heterocycles. The maximum atomic E-state index is 13.3. The Labute approximate surface area is 117 Å². The van der Waals surface area contributed by atoms with Crippen molar-refractivity contribution in [1.29, 1.82) is 0 Å². The molecule has 2 nitrogen and oxygen atoms in total. The maximum absolute atomic E-state index is 13.3. The monoisotopic (exact) mass is 276 g/mol. The van der Waals surface area contributed by atoms with Gasteiger partial charge in [-0.15, -0.1) is 0 Å². The van der Waals surface area contributed by atoms with Gasteiger partial charge in [-0.1, -0.05) is 12.1 Å². The first-order valence-corrected chi connectivity index (χ1v) is 6.48. The van der Waals surface area contributed by atoms with Crippen molar-refractivity contribution < 1.29 is 8.78 Å². The zero-order chi connectivity index (χ0) is 14.7. The third kappa shape index (κ3) is 3.33. The summed E-state index contributed by atoms with van der Waals surface area (Å²) in [7, 11) is 1.88. The average molecular weight is 276 g/mol. The van der Waals surface area contributed by atoms with Crippen molar-refractivity contribution in [2.24, 2.45) is 5.73 Å². The van der Waals surface area contributed by atoms with Gasteiger partial charge in [0.1, 0.15) is 11.6 Å². The van der Waals surface area contributed by atoms with Crippen LogP contribution in [0, 0.1) is 11.6 Å². The van der Waals surface area contributed by atoms with Crippen molar-refractivity contribution in [3.05, 3.63) is 65.2 Å². The number of halogens is 2. The fourth-order valence-corrected chi connectivity index (χ4v) is 2.23. The molecule has 0 aromatic heterocycles. The molecule has 0 saturated carbocycles. The molecule has 0 aliphatic carbocycles. The molecule has 2 aromatic carbocycles. The fourth-order valence-electron chi connectivity index (χ4n) is 2.23. The van der Waals surface area contributed by atoms with E-state index in [1.807, 2.05) is 24.9 Å². The highest BCUT2D eigenvalue weighted by Gasteiger charge is 2.12. The van der Waals surface area contributed by atoms with Crippen LogP contribution in [0.1, 0.15) is 24.1 Å². The lowest BCUT2D eigenvalue weighted by molar-refractivity contribution is 0.621. The lowest BCUT2D eigenvalue weighted by Gasteiger charge is -2.24. The van der Waals surface area contributed by atoms with Crippen LogP contribution in [0.2, 0.25) is 0 Å². The van der Waals surface area contributed by atoms with Crippen molar-refractivity contribution in [3.63, 3.8) is 0 Å². The van der Waals surface area contributed by atoms with E-state index in [4.69, 9.17) is 5.73 Å². The second-order valence-electron chi connectivity index (χ2n) is 4.98. The highest BCUT2D eigenvalue weighted by molar-refractivity contribution is 5.54. The Morgan fingerprint density at radius 2 is 1.80 bits per heavy atom. The third-order valence-electron chi connectivity index (χ3n) is 3.20. The van der Waals surface area contributed by atoms with E-state index in [1.54, 1.807) is 12.1 Å². The first-order valence-electron chi connectivity index (χ1n) is 6.48. The molecule has 0 saturated heterocycles. The molecule has 0 radical (unpaired) electrons. The second-order valence-corrected chi connectivity index (χ2v) is 4.98. The van der Waals surface area contributed by atoms with Crippen LogP contribution in [0.15, 0.2) is 42.5 Å². The van der Waals surface area contributed by atoms with E-state index in [9.17, 15) is 8.78 Å². The Bertz CT molecular complexity index is 597. The molecule has 0 amide bonds. The zero-order valence-electron chi connectivity index (χ0n) is 11.6. The highest BCUT2D eigenvalue weighted by atomic mass is 19.1. The molecule has 0 unspecified atom stereocenters. The lowest BCUT2D eigenvalue weighted by Crippen LogP contribution is -2.20. The van der Waals surface area contributed by atoms with Gasteiger partial charge in [0.15, 0.2) is 0 Å². The molecule has 106 valence electrons. The summed E-state index contributed by atoms with van der Waals surface area (Å²) in [5.74, 6) is -0.567. The summed E-state index contributed by atoms with van der Waals surface area (Å²) in [6.45, 7) is 2.34. The first kappa shape index (κ1) is 14.5. The van der Waals surface area contributed by atoms with Gasteiger partial charge in [0.25, 0.3) is 0 Å². The summed E-state index contributed by atoms with van der Waals surface area (Å²) < 4.78 is 26.5. The van der Waals surface area contributed by atoms with Gasteiger partial charge in [0.05, 0.1) is 0 Å². The molecule has 0 bridgehead atoms. The van der Waals surface area contributed by atoms with E-state index >= 15 is 0 Å². The minimum absolute atomic E-state index is 0.262. The standard InChI is InChI=1S/C16H18F2N2/c1-11(19)15-9-14(18)6-7-16(15)20(2)10-12-4-3-5-13(17)8-12/h3-9,11H,10,19H2,1-2H3/t11-/m0/s1. The first-order chi connectivity index (χ1) is 9.47. The molecule has 4 heteroatoms. The quantitative estimate of drug-likeness (QED) is 0.924. The molecular weight excluding hydrogens is 258 g/mol. The summed E-state index contributed by atoms with van der Waals surface area (Å²) in [5.41, 5.74) is 8.33. The normalized spacial score (nSPS) is 12.2. The van der Waals surface area contributed by atoms with Gasteiger partial charge in [0, 0.05) is 25.3 Å². The molecule has 0 heterocycles. The van der Waals surface area contributed by atoms with E-state index in [0.29, 0.717) is 6.54 Å². The van der Waals surface area contributed by atoms with Gasteiger partial charge < -0.3 is 10.6 Å². The lowest BCUT2D eigenvalue weighted by atomic mass is 10.1. The van der Waals surface area contributed by atoms with Crippen molar-refractivity contribution >= 4 is 5.69 Å². The van der Waals surface area contributed by atoms with E-state index in [2.05, 4.69) is 0 Å². The number of benzene rings is 2. The summed E-state index contributed by atoms with van der Waals surface area (Å²) in [6.07, 6.45) is 0. The van der Waals surface area contributed by atoms with Crippen LogP contribution in [0.3, 0.4) is 0 Å². The number of hydrogen-bond acceptors (Lipinski definition) is 2. The second kappa shape index (κ2) is 6.01. The molecule has 2 aromatic rings. The van der Waals surface area contributed by atoms with Gasteiger partial charge in [-0.3, -0.25) is 0 Å². The molecule has 1 atom stereocenters. The molecule has 0 spiro atoms. The van der Waals surface area contributed by atoms with Crippen LogP contribution in [0.4, 0.5) is 14.5 Å². The smallest absolute Gasteiger partial charge is 0.123 e. The Hall–Kier alpha value is -1.94. The Balaban J connectivity index is 2.27. The molecule has 20 heavy (non-hydrogen) atoms. The van der Waals surface area contributed by atoms with E-state index in [0.717, 1.165) is 16.8 Å². The number of rotatable bonds is 4. The van der Waals surface area contributed by atoms with Crippen molar-refractivity contribution in [1.82, 2.24) is 0 Å². The van der Waals surface area contributed by atoms with Gasteiger partial charge in [0.2, 0.25) is 0 Å². The van der Waals surface area contributed by atoms with E-state index in [1.165, 1.54) is 24.3 Å². The van der Waals surface area contributed by atoms with Crippen LogP contribution in [0.5, 0.6) is 0 Å². The number of anilines is 1. The Kier molecular flexibility index (Phi) is 4.35. The van der Waals surface area contributed by atoms with Gasteiger partial charge in [-0.05, 0) is 48.4 Å². The molecule has 0 aliphatic rings. The highest BCUT2D eigenvalue weighted by Crippen LogP contribution is 2.26. The summed E-state index contributed by atoms with van der Waals surface area (Å²) in [6, 6.07) is 10.7. The van der Waals surface area contributed by atoms with Crippen LogP contribution >= 0.6 is 0 Å². The maximum Gasteiger partial charge on any atom is 0.123 e. The number of hydrogen-bond donors (Lipinski definition) is 1. The predicted molar refractivity (Wildman–Crippen MR) is 77.5 cm³/mol. The third-order valence-corrected chi connectivity index (χ3v) is 3.20. The number of nitrogens with zero attached hydrogens (tertiary/aromatic N) is 1. The molecule has 2 N–H and O–H groups in total. The van der Waals surface area contributed by atoms with Crippen molar-refractivity contribution in [2.75, 3.05) is 11.9 Å². The minimum Gasteiger partial charge on any atom is -0.370 e. The van der Waals surface area contributed by atoms with Crippen LogP contribution in [-0.4, -0.2) is 7.05 Å². The topological polar surface area (TPSA) is 29.3 Å². The van der Waals surface area contributed by atoms with E-state index in [-0.39, 0.29) is 17.7 Å². The summed E-state index contributed by atoms with van der Waals surface area (Å²) in [4.78, 5) is 1.94. The van der Waals surface area contributed by atoms with E-state index < -0.39 is 0 Å². The SMILES string of the molecule is C[C@H](N)c1cc(F)ccc1N(C)Cc1cccc(F)c1. The summed E-state index contributed by atoms with van der Waals surface area (Å²) in [5, 5.41) is 0. The molecule has 2 rings (SSSR count). The van der Waals surface area contributed by atoms with Gasteiger partial charge in [-0.2, -0.15) is 0 Å². The average Bonchev–Trinajstić information content (AvgIpc) is 2.38. The van der Waals surface area contributed by atoms with Crippen LogP contribution in [-0.2, 0) is 6.54 Å². The number of nitrogens with two attached hydrogens (primary N) is 1. The summed E-state index contributed by atoms with van der Waals surface area (Å²) >= 11 is 0. The van der Waals surface area contributed by atoms with Crippen LogP contribution < -0.4 is 10.6 Å². The molecule has 0 fully saturated rings. The Morgan fingerprint density at radius 3 is 2.45 bits per heavy atom. The molecular formula is C16H18F2N2. The Morgan fingerprint density at radius 1 is 1.10 bits per heavy atom. The van der Waals surface area contributed by atoms with Gasteiger partial charge >= 0.3 is 0 Å². The fraction of sp³-hybridized carbons (Fsp3) is 0.250. The van der Waals surface area contributed by atoms with Gasteiger partial charge in [-0.25, -0.2) is 8.78 Å². The van der Waals surface area contributed by atoms with Crippen LogP contribution in [0.25, 0.3) is 0 Å². The zero-order valence-corrected chi connectivity index (χ0v) is 11.6. The largest absolute Gasteiger partial charge is 0.370 e.